The van der Waals surface area contributed by atoms with E-state index in [0.29, 0.717) is 5.82 Å². The number of aryl methyl sites for hydroxylation is 3. The van der Waals surface area contributed by atoms with Gasteiger partial charge in [-0.3, -0.25) is 4.68 Å². The first kappa shape index (κ1) is 14.4. The lowest BCUT2D eigenvalue weighted by Crippen LogP contribution is -2.03. The predicted octanol–water partition coefficient (Wildman–Crippen LogP) is 2.99. The van der Waals surface area contributed by atoms with E-state index in [0.717, 1.165) is 27.2 Å². The molecule has 0 fully saturated rings. The first-order chi connectivity index (χ1) is 7.91. The Bertz CT molecular complexity index is 618. The van der Waals surface area contributed by atoms with Gasteiger partial charge in [0.05, 0.1) is 5.69 Å². The molecule has 18 heavy (non-hydrogen) atoms. The molecule has 4 nitrogen and oxygen atoms in total. The van der Waals surface area contributed by atoms with Gasteiger partial charge < -0.3 is 10.3 Å². The average molecular weight is 264 g/mol. The van der Waals surface area contributed by atoms with Crippen LogP contribution in [0.3, 0.4) is 0 Å². The fourth-order valence-corrected chi connectivity index (χ4v) is 2.21. The Labute approximate surface area is 113 Å². The van der Waals surface area contributed by atoms with Crippen LogP contribution in [0.15, 0.2) is 12.1 Å². The Kier molecular flexibility index (Phi) is 3.96. The first-order valence-corrected chi connectivity index (χ1v) is 5.79. The van der Waals surface area contributed by atoms with Crippen molar-refractivity contribution in [1.82, 2.24) is 14.3 Å². The van der Waals surface area contributed by atoms with Crippen LogP contribution in [0.2, 0.25) is 0 Å². The summed E-state index contributed by atoms with van der Waals surface area (Å²) in [7, 11) is 3.79. The molecule has 0 radical (unpaired) electrons. The van der Waals surface area contributed by atoms with Crippen LogP contribution in [0.25, 0.3) is 11.4 Å². The molecule has 0 bridgehead atoms. The highest BCUT2D eigenvalue weighted by molar-refractivity contribution is 7.71. The number of aromatic nitrogens is 3. The van der Waals surface area contributed by atoms with E-state index in [9.17, 15) is 0 Å². The Morgan fingerprint density at radius 3 is 2.28 bits per heavy atom. The molecule has 2 rings (SSSR count). The van der Waals surface area contributed by atoms with Crippen LogP contribution in [-0.2, 0) is 14.1 Å². The summed E-state index contributed by atoms with van der Waals surface area (Å²) < 4.78 is 4.48. The topological polar surface area (TPSA) is 48.8 Å². The molecule has 2 aromatic rings. The van der Waals surface area contributed by atoms with E-state index < -0.39 is 0 Å². The van der Waals surface area contributed by atoms with Crippen molar-refractivity contribution in [2.75, 3.05) is 5.73 Å². The molecule has 2 N–H and O–H groups in total. The Balaban J connectivity index is 0.00000162. The SMILES string of the molecule is C.Cc1cc(C)c(=S)n(C)c1-c1cc(N)n(C)n1. The number of rotatable bonds is 1. The minimum atomic E-state index is 0. The lowest BCUT2D eigenvalue weighted by molar-refractivity contribution is 0.774. The summed E-state index contributed by atoms with van der Waals surface area (Å²) in [6.45, 7) is 4.08. The van der Waals surface area contributed by atoms with Crippen LogP contribution in [0.5, 0.6) is 0 Å². The molecular weight excluding hydrogens is 244 g/mol. The van der Waals surface area contributed by atoms with E-state index in [1.54, 1.807) is 4.68 Å². The number of anilines is 1. The number of nitrogens with zero attached hydrogens (tertiary/aromatic N) is 3. The van der Waals surface area contributed by atoms with Gasteiger partial charge in [-0.05, 0) is 25.0 Å². The third-order valence-electron chi connectivity index (χ3n) is 2.94. The van der Waals surface area contributed by atoms with Gasteiger partial charge in [-0.15, -0.1) is 0 Å². The van der Waals surface area contributed by atoms with E-state index in [1.807, 2.05) is 31.7 Å². The number of hydrogen-bond acceptors (Lipinski definition) is 3. The van der Waals surface area contributed by atoms with Crippen LogP contribution in [0, 0.1) is 18.5 Å². The monoisotopic (exact) mass is 264 g/mol. The van der Waals surface area contributed by atoms with E-state index in [2.05, 4.69) is 18.1 Å². The normalized spacial score (nSPS) is 10.2. The van der Waals surface area contributed by atoms with Gasteiger partial charge in [-0.25, -0.2) is 0 Å². The van der Waals surface area contributed by atoms with Crippen LogP contribution in [0.4, 0.5) is 5.82 Å². The second kappa shape index (κ2) is 4.94. The second-order valence-electron chi connectivity index (χ2n) is 4.30. The van der Waals surface area contributed by atoms with Gasteiger partial charge in [0.25, 0.3) is 0 Å². The summed E-state index contributed by atoms with van der Waals surface area (Å²) in [4.78, 5) is 0. The third-order valence-corrected chi connectivity index (χ3v) is 3.54. The van der Waals surface area contributed by atoms with Gasteiger partial charge in [-0.2, -0.15) is 5.10 Å². The Morgan fingerprint density at radius 2 is 1.78 bits per heavy atom. The van der Waals surface area contributed by atoms with Crippen LogP contribution < -0.4 is 5.73 Å². The van der Waals surface area contributed by atoms with Gasteiger partial charge in [-0.1, -0.05) is 25.7 Å². The molecule has 0 saturated carbocycles. The highest BCUT2D eigenvalue weighted by Gasteiger charge is 2.12. The summed E-state index contributed by atoms with van der Waals surface area (Å²) in [6.07, 6.45) is 0. The number of nitrogens with two attached hydrogens (primary N) is 1. The smallest absolute Gasteiger partial charge is 0.122 e. The van der Waals surface area contributed by atoms with Gasteiger partial charge in [0.15, 0.2) is 0 Å². The molecular formula is C13H20N4S. The van der Waals surface area contributed by atoms with Crippen molar-refractivity contribution in [3.05, 3.63) is 27.9 Å². The summed E-state index contributed by atoms with van der Waals surface area (Å²) >= 11 is 5.38. The minimum absolute atomic E-state index is 0. The van der Waals surface area contributed by atoms with Crippen LogP contribution >= 0.6 is 12.2 Å². The van der Waals surface area contributed by atoms with Crippen LogP contribution in [-0.4, -0.2) is 14.3 Å². The molecule has 0 unspecified atom stereocenters. The zero-order valence-electron chi connectivity index (χ0n) is 10.5. The van der Waals surface area contributed by atoms with Gasteiger partial charge in [0.1, 0.15) is 16.2 Å². The van der Waals surface area contributed by atoms with Gasteiger partial charge in [0, 0.05) is 20.2 Å². The average Bonchev–Trinajstić information content (AvgIpc) is 2.56. The van der Waals surface area contributed by atoms with E-state index in [1.165, 1.54) is 0 Å². The van der Waals surface area contributed by atoms with Gasteiger partial charge in [0.2, 0.25) is 0 Å². The van der Waals surface area contributed by atoms with Crippen molar-refractivity contribution in [3.63, 3.8) is 0 Å². The molecule has 0 atom stereocenters. The molecule has 0 saturated heterocycles. The molecule has 0 aliphatic heterocycles. The van der Waals surface area contributed by atoms with E-state index in [-0.39, 0.29) is 7.43 Å². The molecule has 0 amide bonds. The molecule has 0 spiro atoms. The van der Waals surface area contributed by atoms with Crippen molar-refractivity contribution in [1.29, 1.82) is 0 Å². The first-order valence-electron chi connectivity index (χ1n) is 5.39. The fraction of sp³-hybridized carbons (Fsp3) is 0.385. The molecule has 2 heterocycles. The van der Waals surface area contributed by atoms with Crippen molar-refractivity contribution < 1.29 is 0 Å². The fourth-order valence-electron chi connectivity index (χ4n) is 2.06. The minimum Gasteiger partial charge on any atom is -0.384 e. The number of nitrogen functional groups attached to an aromatic ring is 1. The summed E-state index contributed by atoms with van der Waals surface area (Å²) in [5.41, 5.74) is 9.94. The molecule has 0 aromatic carbocycles. The zero-order chi connectivity index (χ0) is 12.7. The van der Waals surface area contributed by atoms with Crippen LogP contribution in [0.1, 0.15) is 18.6 Å². The number of pyridine rings is 1. The van der Waals surface area contributed by atoms with Gasteiger partial charge >= 0.3 is 0 Å². The standard InChI is InChI=1S/C12H16N4S.CH4/c1-7-5-8(2)12(17)15(3)11(7)9-6-10(13)16(4)14-9;/h5-6H,13H2,1-4H3;1H4. The van der Waals surface area contributed by atoms with Crippen molar-refractivity contribution in [2.45, 2.75) is 21.3 Å². The quantitative estimate of drug-likeness (QED) is 0.806. The molecule has 5 heteroatoms. The second-order valence-corrected chi connectivity index (χ2v) is 4.69. The molecule has 2 aromatic heterocycles. The Morgan fingerprint density at radius 1 is 1.17 bits per heavy atom. The maximum atomic E-state index is 5.81. The highest BCUT2D eigenvalue weighted by Crippen LogP contribution is 2.24. The molecule has 0 aliphatic rings. The molecule has 98 valence electrons. The van der Waals surface area contributed by atoms with Crippen molar-refractivity contribution in [2.24, 2.45) is 14.1 Å². The maximum absolute atomic E-state index is 5.81. The zero-order valence-corrected chi connectivity index (χ0v) is 11.3. The summed E-state index contributed by atoms with van der Waals surface area (Å²) in [5.74, 6) is 0.644. The third kappa shape index (κ3) is 2.18. The summed E-state index contributed by atoms with van der Waals surface area (Å²) in [6, 6.07) is 3.95. The summed E-state index contributed by atoms with van der Waals surface area (Å²) in [5, 5.41) is 4.40. The van der Waals surface area contributed by atoms with E-state index >= 15 is 0 Å². The lowest BCUT2D eigenvalue weighted by Gasteiger charge is -2.12. The highest BCUT2D eigenvalue weighted by atomic mass is 32.1. The maximum Gasteiger partial charge on any atom is 0.122 e. The lowest BCUT2D eigenvalue weighted by atomic mass is 10.1. The number of hydrogen-bond donors (Lipinski definition) is 1. The van der Waals surface area contributed by atoms with E-state index in [4.69, 9.17) is 18.0 Å². The van der Waals surface area contributed by atoms with Crippen molar-refractivity contribution >= 4 is 18.0 Å². The molecule has 0 aliphatic carbocycles. The largest absolute Gasteiger partial charge is 0.384 e. The predicted molar refractivity (Wildman–Crippen MR) is 79.1 cm³/mol. The van der Waals surface area contributed by atoms with Crippen molar-refractivity contribution in [3.8, 4) is 11.4 Å². The Hall–Kier alpha value is -1.62.